The molecule has 0 aromatic heterocycles. The Morgan fingerprint density at radius 1 is 1.20 bits per heavy atom. The van der Waals surface area contributed by atoms with Crippen LogP contribution < -0.4 is 0 Å². The van der Waals surface area contributed by atoms with Crippen LogP contribution >= 0.6 is 7.60 Å². The highest BCUT2D eigenvalue weighted by Gasteiger charge is 2.50. The molecule has 7 nitrogen and oxygen atoms in total. The van der Waals surface area contributed by atoms with E-state index in [9.17, 15) is 14.2 Å². The molecule has 0 spiro atoms. The third-order valence-electron chi connectivity index (χ3n) is 3.18. The Labute approximate surface area is 119 Å². The number of amides is 1. The van der Waals surface area contributed by atoms with Gasteiger partial charge in [0.05, 0.1) is 20.3 Å². The predicted molar refractivity (Wildman–Crippen MR) is 72.2 cm³/mol. The first kappa shape index (κ1) is 17.1. The lowest BCUT2D eigenvalue weighted by Crippen LogP contribution is -2.44. The summed E-state index contributed by atoms with van der Waals surface area (Å²) in [6.07, 6.45) is 0.775. The average molecular weight is 307 g/mol. The largest absolute Gasteiger partial charge is 0.467 e. The van der Waals surface area contributed by atoms with E-state index >= 15 is 0 Å². The van der Waals surface area contributed by atoms with Crippen molar-refractivity contribution in [2.24, 2.45) is 0 Å². The normalized spacial score (nSPS) is 22.9. The first-order chi connectivity index (χ1) is 9.41. The maximum absolute atomic E-state index is 12.8. The average Bonchev–Trinajstić information content (AvgIpc) is 2.83. The van der Waals surface area contributed by atoms with Crippen LogP contribution in [-0.4, -0.2) is 48.9 Å². The molecule has 1 amide bonds. The fraction of sp³-hybridized carbons (Fsp3) is 0.833. The van der Waals surface area contributed by atoms with E-state index in [0.717, 1.165) is 0 Å². The summed E-state index contributed by atoms with van der Waals surface area (Å²) in [5.41, 5.74) is 0. The number of hydrogen-bond donors (Lipinski definition) is 0. The second kappa shape index (κ2) is 7.20. The Kier molecular flexibility index (Phi) is 6.17. The Morgan fingerprint density at radius 2 is 1.75 bits per heavy atom. The Hall–Kier alpha value is -0.910. The lowest BCUT2D eigenvalue weighted by Gasteiger charge is -2.32. The van der Waals surface area contributed by atoms with E-state index in [2.05, 4.69) is 0 Å². The van der Waals surface area contributed by atoms with Gasteiger partial charge in [0.25, 0.3) is 0 Å². The molecule has 1 aliphatic rings. The number of esters is 1. The molecule has 1 heterocycles. The summed E-state index contributed by atoms with van der Waals surface area (Å²) in [7, 11) is -2.20. The standard InChI is InChI=1S/C12H22NO6P/c1-5-18-20(16,19-6-2)11-8-7-10(12(15)17-4)13(11)9(3)14/h10-11H,5-8H2,1-4H3/t10-,11?/m0/s1. The summed E-state index contributed by atoms with van der Waals surface area (Å²) >= 11 is 0. The topological polar surface area (TPSA) is 82.1 Å². The van der Waals surface area contributed by atoms with Gasteiger partial charge in [-0.1, -0.05) is 0 Å². The molecule has 0 N–H and O–H groups in total. The van der Waals surface area contributed by atoms with E-state index in [-0.39, 0.29) is 19.1 Å². The van der Waals surface area contributed by atoms with Gasteiger partial charge in [0.15, 0.2) is 0 Å². The van der Waals surface area contributed by atoms with Gasteiger partial charge in [-0.15, -0.1) is 0 Å². The van der Waals surface area contributed by atoms with Gasteiger partial charge in [0.2, 0.25) is 5.91 Å². The zero-order valence-corrected chi connectivity index (χ0v) is 13.2. The summed E-state index contributed by atoms with van der Waals surface area (Å²) in [5, 5.41) is 0. The van der Waals surface area contributed by atoms with Crippen molar-refractivity contribution in [3.05, 3.63) is 0 Å². The van der Waals surface area contributed by atoms with Crippen LogP contribution in [0.15, 0.2) is 0 Å². The Balaban J connectivity index is 3.06. The zero-order valence-electron chi connectivity index (χ0n) is 12.3. The molecule has 2 atom stereocenters. The zero-order chi connectivity index (χ0) is 15.3. The van der Waals surface area contributed by atoms with Gasteiger partial charge in [-0.05, 0) is 26.7 Å². The molecule has 1 aliphatic heterocycles. The smallest absolute Gasteiger partial charge is 0.352 e. The fourth-order valence-corrected chi connectivity index (χ4v) is 4.70. The van der Waals surface area contributed by atoms with Crippen molar-refractivity contribution in [1.29, 1.82) is 0 Å². The number of likely N-dealkylation sites (tertiary alicyclic amines) is 1. The maximum Gasteiger partial charge on any atom is 0.352 e. The molecule has 1 rings (SSSR count). The number of hydrogen-bond acceptors (Lipinski definition) is 6. The van der Waals surface area contributed by atoms with E-state index in [0.29, 0.717) is 12.8 Å². The molecule has 0 aliphatic carbocycles. The summed E-state index contributed by atoms with van der Waals surface area (Å²) < 4.78 is 28.1. The molecule has 0 saturated carbocycles. The van der Waals surface area contributed by atoms with Crippen molar-refractivity contribution in [1.82, 2.24) is 4.90 Å². The minimum absolute atomic E-state index is 0.211. The summed E-state index contributed by atoms with van der Waals surface area (Å²) in [5.74, 6) is -1.59. The Bertz CT molecular complexity index is 403. The van der Waals surface area contributed by atoms with Gasteiger partial charge in [-0.3, -0.25) is 9.36 Å². The number of ether oxygens (including phenoxy) is 1. The first-order valence-electron chi connectivity index (χ1n) is 6.66. The lowest BCUT2D eigenvalue weighted by molar-refractivity contribution is -0.150. The highest BCUT2D eigenvalue weighted by atomic mass is 31.2. The van der Waals surface area contributed by atoms with Crippen LogP contribution in [0.1, 0.15) is 33.6 Å². The second-order valence-corrected chi connectivity index (χ2v) is 6.59. The van der Waals surface area contributed by atoms with E-state index in [1.807, 2.05) is 0 Å². The number of carbonyl (C=O) groups is 2. The number of nitrogens with zero attached hydrogens (tertiary/aromatic N) is 1. The highest BCUT2D eigenvalue weighted by molar-refractivity contribution is 7.54. The second-order valence-electron chi connectivity index (χ2n) is 4.40. The molecule has 0 bridgehead atoms. The summed E-state index contributed by atoms with van der Waals surface area (Å²) in [6.45, 7) is 5.16. The quantitative estimate of drug-likeness (QED) is 0.549. The van der Waals surface area contributed by atoms with Crippen molar-refractivity contribution in [3.8, 4) is 0 Å². The first-order valence-corrected chi connectivity index (χ1v) is 8.28. The molecule has 0 aromatic carbocycles. The van der Waals surface area contributed by atoms with Gasteiger partial charge < -0.3 is 18.7 Å². The third-order valence-corrected chi connectivity index (χ3v) is 5.65. The van der Waals surface area contributed by atoms with Gasteiger partial charge in [0, 0.05) is 6.92 Å². The van der Waals surface area contributed by atoms with E-state index < -0.39 is 25.4 Å². The molecular weight excluding hydrogens is 285 g/mol. The van der Waals surface area contributed by atoms with Crippen LogP contribution in [0.3, 0.4) is 0 Å². The van der Waals surface area contributed by atoms with Crippen molar-refractivity contribution < 1.29 is 27.9 Å². The molecule has 1 unspecified atom stereocenters. The molecular formula is C12H22NO6P. The van der Waals surface area contributed by atoms with E-state index in [1.54, 1.807) is 13.8 Å². The van der Waals surface area contributed by atoms with Crippen LogP contribution in [0.2, 0.25) is 0 Å². The molecule has 0 aromatic rings. The van der Waals surface area contributed by atoms with Crippen molar-refractivity contribution in [2.45, 2.75) is 45.4 Å². The van der Waals surface area contributed by atoms with Crippen molar-refractivity contribution >= 4 is 19.5 Å². The molecule has 116 valence electrons. The third kappa shape index (κ3) is 3.40. The minimum Gasteiger partial charge on any atom is -0.467 e. The fourth-order valence-electron chi connectivity index (χ4n) is 2.47. The highest BCUT2D eigenvalue weighted by Crippen LogP contribution is 2.58. The van der Waals surface area contributed by atoms with Gasteiger partial charge in [-0.2, -0.15) is 0 Å². The van der Waals surface area contributed by atoms with Crippen molar-refractivity contribution in [2.75, 3.05) is 20.3 Å². The van der Waals surface area contributed by atoms with E-state index in [4.69, 9.17) is 13.8 Å². The summed E-state index contributed by atoms with van der Waals surface area (Å²) in [4.78, 5) is 24.8. The number of carbonyl (C=O) groups excluding carboxylic acids is 2. The SMILES string of the molecule is CCOP(=O)(OCC)C1CC[C@@H](C(=O)OC)N1C(C)=O. The number of rotatable bonds is 6. The molecule has 1 fully saturated rings. The monoisotopic (exact) mass is 307 g/mol. The van der Waals surface area contributed by atoms with Crippen LogP contribution in [0.25, 0.3) is 0 Å². The molecule has 8 heteroatoms. The Morgan fingerprint density at radius 3 is 2.15 bits per heavy atom. The molecule has 20 heavy (non-hydrogen) atoms. The van der Waals surface area contributed by atoms with Gasteiger partial charge in [0.1, 0.15) is 11.8 Å². The van der Waals surface area contributed by atoms with Crippen molar-refractivity contribution in [3.63, 3.8) is 0 Å². The number of methoxy groups -OCH3 is 1. The lowest BCUT2D eigenvalue weighted by atomic mass is 10.2. The van der Waals surface area contributed by atoms with E-state index in [1.165, 1.54) is 18.9 Å². The van der Waals surface area contributed by atoms with Crippen LogP contribution in [-0.2, 0) is 27.9 Å². The predicted octanol–water partition coefficient (Wildman–Crippen LogP) is 1.76. The molecule has 1 saturated heterocycles. The van der Waals surface area contributed by atoms with Gasteiger partial charge in [-0.25, -0.2) is 4.79 Å². The minimum atomic E-state index is -3.47. The van der Waals surface area contributed by atoms with Crippen LogP contribution in [0.5, 0.6) is 0 Å². The maximum atomic E-state index is 12.8. The van der Waals surface area contributed by atoms with Crippen LogP contribution in [0.4, 0.5) is 0 Å². The van der Waals surface area contributed by atoms with Crippen LogP contribution in [0, 0.1) is 0 Å². The molecule has 0 radical (unpaired) electrons. The summed E-state index contributed by atoms with van der Waals surface area (Å²) in [6, 6.07) is -0.725. The van der Waals surface area contributed by atoms with Gasteiger partial charge >= 0.3 is 13.6 Å².